The zero-order valence-corrected chi connectivity index (χ0v) is 11.5. The standard InChI is InChI=1S/C12H23NO3.ClH/c1-3-4-5-10-8-15-7-6-11(13)12(14)16-9(10)2;/h9-11H,3-8,13H2,1-2H3;1H/t9-,10+,11-;/m0./s1. The van der Waals surface area contributed by atoms with E-state index in [1.807, 2.05) is 6.92 Å². The number of hydrogen-bond acceptors (Lipinski definition) is 4. The van der Waals surface area contributed by atoms with Gasteiger partial charge in [-0.1, -0.05) is 19.8 Å². The normalized spacial score (nSPS) is 30.5. The quantitative estimate of drug-likeness (QED) is 0.792. The van der Waals surface area contributed by atoms with Gasteiger partial charge in [0.2, 0.25) is 0 Å². The van der Waals surface area contributed by atoms with Crippen molar-refractivity contribution in [1.29, 1.82) is 0 Å². The van der Waals surface area contributed by atoms with Crippen molar-refractivity contribution in [1.82, 2.24) is 0 Å². The third-order valence-electron chi connectivity index (χ3n) is 3.10. The number of carbonyl (C=O) groups is 1. The Kier molecular flexibility index (Phi) is 8.56. The largest absolute Gasteiger partial charge is 0.461 e. The average molecular weight is 266 g/mol. The Morgan fingerprint density at radius 3 is 2.82 bits per heavy atom. The first-order valence-corrected chi connectivity index (χ1v) is 6.19. The molecule has 0 saturated carbocycles. The van der Waals surface area contributed by atoms with Crippen molar-refractivity contribution in [3.63, 3.8) is 0 Å². The summed E-state index contributed by atoms with van der Waals surface area (Å²) in [5, 5.41) is 0. The molecule has 4 nitrogen and oxygen atoms in total. The van der Waals surface area contributed by atoms with Gasteiger partial charge in [-0.05, 0) is 19.8 Å². The zero-order chi connectivity index (χ0) is 12.0. The topological polar surface area (TPSA) is 61.5 Å². The Bertz CT molecular complexity index is 226. The van der Waals surface area contributed by atoms with E-state index >= 15 is 0 Å². The Morgan fingerprint density at radius 2 is 2.18 bits per heavy atom. The van der Waals surface area contributed by atoms with Gasteiger partial charge in [0.25, 0.3) is 0 Å². The molecule has 0 aromatic carbocycles. The van der Waals surface area contributed by atoms with E-state index < -0.39 is 6.04 Å². The van der Waals surface area contributed by atoms with Crippen LogP contribution in [-0.4, -0.2) is 31.3 Å². The number of rotatable bonds is 3. The minimum Gasteiger partial charge on any atom is -0.461 e. The summed E-state index contributed by atoms with van der Waals surface area (Å²) in [5.74, 6) is 0.00805. The molecule has 1 aliphatic heterocycles. The molecule has 0 aliphatic carbocycles. The van der Waals surface area contributed by atoms with Crippen molar-refractivity contribution >= 4 is 18.4 Å². The number of unbranched alkanes of at least 4 members (excludes halogenated alkanes) is 1. The van der Waals surface area contributed by atoms with E-state index in [2.05, 4.69) is 6.92 Å². The third kappa shape index (κ3) is 5.70. The van der Waals surface area contributed by atoms with E-state index in [4.69, 9.17) is 15.2 Å². The van der Waals surface area contributed by atoms with Crippen LogP contribution in [0.3, 0.4) is 0 Å². The molecule has 0 amide bonds. The van der Waals surface area contributed by atoms with Crippen LogP contribution in [0.1, 0.15) is 39.5 Å². The maximum atomic E-state index is 11.5. The second kappa shape index (κ2) is 8.72. The fourth-order valence-corrected chi connectivity index (χ4v) is 1.85. The maximum Gasteiger partial charge on any atom is 0.323 e. The van der Waals surface area contributed by atoms with E-state index in [9.17, 15) is 4.79 Å². The molecule has 0 spiro atoms. The van der Waals surface area contributed by atoms with Crippen molar-refractivity contribution in [2.24, 2.45) is 11.7 Å². The van der Waals surface area contributed by atoms with Gasteiger partial charge in [-0.2, -0.15) is 0 Å². The summed E-state index contributed by atoms with van der Waals surface area (Å²) < 4.78 is 10.9. The Labute approximate surface area is 110 Å². The second-order valence-electron chi connectivity index (χ2n) is 4.51. The minimum absolute atomic E-state index is 0. The molecule has 0 aromatic heterocycles. The Balaban J connectivity index is 0.00000256. The van der Waals surface area contributed by atoms with Gasteiger partial charge in [0, 0.05) is 12.5 Å². The molecular weight excluding hydrogens is 242 g/mol. The summed E-state index contributed by atoms with van der Waals surface area (Å²) in [6, 6.07) is -0.535. The average Bonchev–Trinajstić information content (AvgIpc) is 2.31. The minimum atomic E-state index is -0.535. The third-order valence-corrected chi connectivity index (χ3v) is 3.10. The monoisotopic (exact) mass is 265 g/mol. The molecule has 1 saturated heterocycles. The summed E-state index contributed by atoms with van der Waals surface area (Å²) in [5.41, 5.74) is 5.67. The molecule has 0 bridgehead atoms. The second-order valence-corrected chi connectivity index (χ2v) is 4.51. The molecule has 0 aromatic rings. The van der Waals surface area contributed by atoms with Gasteiger partial charge in [0.1, 0.15) is 12.1 Å². The van der Waals surface area contributed by atoms with Crippen LogP contribution in [0, 0.1) is 5.92 Å². The number of halogens is 1. The van der Waals surface area contributed by atoms with Gasteiger partial charge < -0.3 is 15.2 Å². The lowest BCUT2D eigenvalue weighted by molar-refractivity contribution is -0.152. The molecule has 0 radical (unpaired) electrons. The van der Waals surface area contributed by atoms with Crippen LogP contribution >= 0.6 is 12.4 Å². The van der Waals surface area contributed by atoms with Crippen LogP contribution in [0.4, 0.5) is 0 Å². The van der Waals surface area contributed by atoms with Gasteiger partial charge >= 0.3 is 5.97 Å². The number of cyclic esters (lactones) is 1. The molecule has 3 atom stereocenters. The van der Waals surface area contributed by atoms with Crippen molar-refractivity contribution in [3.05, 3.63) is 0 Å². The lowest BCUT2D eigenvalue weighted by Gasteiger charge is -2.23. The molecule has 5 heteroatoms. The van der Waals surface area contributed by atoms with Crippen LogP contribution in [-0.2, 0) is 14.3 Å². The molecule has 17 heavy (non-hydrogen) atoms. The number of esters is 1. The van der Waals surface area contributed by atoms with Crippen LogP contribution < -0.4 is 5.73 Å². The van der Waals surface area contributed by atoms with Gasteiger partial charge in [0.05, 0.1) is 6.61 Å². The fourth-order valence-electron chi connectivity index (χ4n) is 1.85. The summed E-state index contributed by atoms with van der Waals surface area (Å²) >= 11 is 0. The molecule has 0 unspecified atom stereocenters. The van der Waals surface area contributed by atoms with Crippen LogP contribution in [0.2, 0.25) is 0 Å². The van der Waals surface area contributed by atoms with Gasteiger partial charge in [-0.3, -0.25) is 4.79 Å². The molecular formula is C12H24ClNO3. The number of ether oxygens (including phenoxy) is 2. The van der Waals surface area contributed by atoms with E-state index in [0.29, 0.717) is 25.6 Å². The fraction of sp³-hybridized carbons (Fsp3) is 0.917. The highest BCUT2D eigenvalue weighted by Crippen LogP contribution is 2.18. The van der Waals surface area contributed by atoms with Crippen molar-refractivity contribution in [2.45, 2.75) is 51.7 Å². The molecule has 1 fully saturated rings. The predicted octanol–water partition coefficient (Wildman–Crippen LogP) is 1.89. The van der Waals surface area contributed by atoms with Crippen LogP contribution in [0.25, 0.3) is 0 Å². The van der Waals surface area contributed by atoms with E-state index in [1.165, 1.54) is 0 Å². The van der Waals surface area contributed by atoms with Crippen molar-refractivity contribution in [2.75, 3.05) is 13.2 Å². The lowest BCUT2D eigenvalue weighted by Crippen LogP contribution is -2.36. The summed E-state index contributed by atoms with van der Waals surface area (Å²) in [6.07, 6.45) is 3.79. The highest BCUT2D eigenvalue weighted by atomic mass is 35.5. The first-order chi connectivity index (χ1) is 7.65. The smallest absolute Gasteiger partial charge is 0.323 e. The maximum absolute atomic E-state index is 11.5. The van der Waals surface area contributed by atoms with Crippen molar-refractivity contribution in [3.8, 4) is 0 Å². The molecule has 1 heterocycles. The molecule has 102 valence electrons. The highest BCUT2D eigenvalue weighted by molar-refractivity contribution is 5.85. The molecule has 1 rings (SSSR count). The Hall–Kier alpha value is -0.320. The summed E-state index contributed by atoms with van der Waals surface area (Å²) in [7, 11) is 0. The van der Waals surface area contributed by atoms with Crippen LogP contribution in [0.5, 0.6) is 0 Å². The van der Waals surface area contributed by atoms with Gasteiger partial charge in [-0.25, -0.2) is 0 Å². The predicted molar refractivity (Wildman–Crippen MR) is 69.2 cm³/mol. The molecule has 2 N–H and O–H groups in total. The van der Waals surface area contributed by atoms with Gasteiger partial charge in [0.15, 0.2) is 0 Å². The lowest BCUT2D eigenvalue weighted by atomic mass is 9.98. The SMILES string of the molecule is CCCC[C@@H]1COCC[C@H](N)C(=O)O[C@H]1C.Cl. The Morgan fingerprint density at radius 1 is 1.47 bits per heavy atom. The first-order valence-electron chi connectivity index (χ1n) is 6.19. The first kappa shape index (κ1) is 16.7. The number of nitrogens with two attached hydrogens (primary N) is 1. The van der Waals surface area contributed by atoms with Gasteiger partial charge in [-0.15, -0.1) is 12.4 Å². The van der Waals surface area contributed by atoms with E-state index in [1.54, 1.807) is 0 Å². The van der Waals surface area contributed by atoms with Crippen LogP contribution in [0.15, 0.2) is 0 Å². The summed E-state index contributed by atoms with van der Waals surface area (Å²) in [4.78, 5) is 11.5. The highest BCUT2D eigenvalue weighted by Gasteiger charge is 2.25. The number of hydrogen-bond donors (Lipinski definition) is 1. The zero-order valence-electron chi connectivity index (χ0n) is 10.7. The van der Waals surface area contributed by atoms with E-state index in [0.717, 1.165) is 19.3 Å². The number of carbonyl (C=O) groups excluding carboxylic acids is 1. The van der Waals surface area contributed by atoms with Crippen molar-refractivity contribution < 1.29 is 14.3 Å². The molecule has 1 aliphatic rings. The summed E-state index contributed by atoms with van der Waals surface area (Å²) in [6.45, 7) is 5.30. The van der Waals surface area contributed by atoms with E-state index in [-0.39, 0.29) is 24.5 Å².